The largest absolute Gasteiger partial charge is 0.343 e. The average molecular weight is 373 g/mol. The molecule has 2 heterocycles. The third-order valence-corrected chi connectivity index (χ3v) is 6.04. The summed E-state index contributed by atoms with van der Waals surface area (Å²) in [5.74, 6) is 0.979. The molecule has 1 aliphatic heterocycles. The molecule has 0 spiro atoms. The van der Waals surface area contributed by atoms with Crippen LogP contribution in [0.5, 0.6) is 0 Å². The molecular weight excluding hydrogens is 344 g/mol. The first kappa shape index (κ1) is 18.7. The van der Waals surface area contributed by atoms with Crippen molar-refractivity contribution in [1.29, 1.82) is 0 Å². The van der Waals surface area contributed by atoms with E-state index in [0.717, 1.165) is 38.0 Å². The third-order valence-electron chi connectivity index (χ3n) is 6.04. The van der Waals surface area contributed by atoms with Crippen LogP contribution in [0.2, 0.25) is 0 Å². The molecule has 1 fully saturated rings. The van der Waals surface area contributed by atoms with Crippen LogP contribution in [0.4, 0.5) is 0 Å². The molecule has 1 aromatic heterocycles. The summed E-state index contributed by atoms with van der Waals surface area (Å²) in [7, 11) is 0. The van der Waals surface area contributed by atoms with Gasteiger partial charge >= 0.3 is 0 Å². The van der Waals surface area contributed by atoms with Gasteiger partial charge in [0.2, 0.25) is 5.91 Å². The molecule has 0 saturated carbocycles. The zero-order valence-electron chi connectivity index (χ0n) is 16.8. The normalized spacial score (nSPS) is 15.1. The fourth-order valence-corrected chi connectivity index (χ4v) is 4.29. The van der Waals surface area contributed by atoms with Crippen molar-refractivity contribution in [2.45, 2.75) is 39.5 Å². The molecule has 0 bridgehead atoms. The Morgan fingerprint density at radius 1 is 1.04 bits per heavy atom. The van der Waals surface area contributed by atoms with Crippen molar-refractivity contribution in [1.82, 2.24) is 9.88 Å². The van der Waals surface area contributed by atoms with Crippen LogP contribution in [0.15, 0.2) is 54.7 Å². The number of aromatic nitrogens is 1. The molecular formula is C25H28N2O. The maximum atomic E-state index is 11.8. The first-order valence-corrected chi connectivity index (χ1v) is 10.4. The van der Waals surface area contributed by atoms with Crippen molar-refractivity contribution in [3.8, 4) is 11.1 Å². The van der Waals surface area contributed by atoms with E-state index in [-0.39, 0.29) is 0 Å². The molecule has 0 radical (unpaired) electrons. The lowest BCUT2D eigenvalue weighted by atomic mass is 9.89. The Bertz CT molecular complexity index is 970. The molecule has 3 heteroatoms. The molecule has 3 nitrogen and oxygen atoms in total. The number of benzene rings is 2. The van der Waals surface area contributed by atoms with Crippen molar-refractivity contribution >= 4 is 16.7 Å². The van der Waals surface area contributed by atoms with Crippen molar-refractivity contribution in [2.75, 3.05) is 13.1 Å². The van der Waals surface area contributed by atoms with Gasteiger partial charge in [-0.3, -0.25) is 9.78 Å². The Hall–Kier alpha value is -2.68. The Labute approximate surface area is 167 Å². The number of pyridine rings is 1. The van der Waals surface area contributed by atoms with E-state index in [1.807, 2.05) is 18.0 Å². The van der Waals surface area contributed by atoms with E-state index >= 15 is 0 Å². The molecule has 0 N–H and O–H groups in total. The minimum absolute atomic E-state index is 0.296. The van der Waals surface area contributed by atoms with Crippen molar-refractivity contribution in [3.05, 3.63) is 66.0 Å². The second-order valence-electron chi connectivity index (χ2n) is 7.91. The number of carbonyl (C=O) groups excluding carboxylic acids is 1. The van der Waals surface area contributed by atoms with Gasteiger partial charge in [-0.2, -0.15) is 0 Å². The molecule has 3 aromatic rings. The van der Waals surface area contributed by atoms with Crippen LogP contribution in [0.3, 0.4) is 0 Å². The lowest BCUT2D eigenvalue weighted by Crippen LogP contribution is -2.38. The Kier molecular flexibility index (Phi) is 5.43. The predicted octanol–water partition coefficient (Wildman–Crippen LogP) is 5.40. The van der Waals surface area contributed by atoms with Gasteiger partial charge in [0.25, 0.3) is 0 Å². The zero-order chi connectivity index (χ0) is 19.5. The van der Waals surface area contributed by atoms with Crippen LogP contribution >= 0.6 is 0 Å². The average Bonchev–Trinajstić information content (AvgIpc) is 2.74. The van der Waals surface area contributed by atoms with Crippen LogP contribution < -0.4 is 0 Å². The van der Waals surface area contributed by atoms with Gasteiger partial charge in [-0.15, -0.1) is 0 Å². The summed E-state index contributed by atoms with van der Waals surface area (Å²) in [6.45, 7) is 5.84. The summed E-state index contributed by atoms with van der Waals surface area (Å²) in [5, 5.41) is 2.46. The smallest absolute Gasteiger partial charge is 0.222 e. The quantitative estimate of drug-likeness (QED) is 0.614. The van der Waals surface area contributed by atoms with Crippen LogP contribution in [0.1, 0.15) is 37.4 Å². The van der Waals surface area contributed by atoms with Gasteiger partial charge in [-0.25, -0.2) is 0 Å². The number of piperidine rings is 1. The number of aryl methyl sites for hydroxylation is 1. The fraction of sp³-hybridized carbons (Fsp3) is 0.360. The number of likely N-dealkylation sites (tertiary alicyclic amines) is 1. The van der Waals surface area contributed by atoms with Crippen molar-refractivity contribution < 1.29 is 4.79 Å². The van der Waals surface area contributed by atoms with Gasteiger partial charge in [0.15, 0.2) is 0 Å². The number of hydrogen-bond acceptors (Lipinski definition) is 2. The molecule has 4 rings (SSSR count). The maximum Gasteiger partial charge on any atom is 0.222 e. The topological polar surface area (TPSA) is 33.2 Å². The Morgan fingerprint density at radius 3 is 2.46 bits per heavy atom. The highest BCUT2D eigenvalue weighted by Crippen LogP contribution is 2.27. The molecule has 28 heavy (non-hydrogen) atoms. The minimum atomic E-state index is 0.296. The van der Waals surface area contributed by atoms with E-state index in [1.54, 1.807) is 0 Å². The summed E-state index contributed by atoms with van der Waals surface area (Å²) in [5.41, 5.74) is 4.97. The third kappa shape index (κ3) is 3.94. The lowest BCUT2D eigenvalue weighted by molar-refractivity contribution is -0.132. The molecule has 1 aliphatic rings. The highest BCUT2D eigenvalue weighted by Gasteiger charge is 2.21. The molecule has 1 amide bonds. The molecule has 0 unspecified atom stereocenters. The van der Waals surface area contributed by atoms with Gasteiger partial charge in [-0.05, 0) is 66.3 Å². The van der Waals surface area contributed by atoms with Crippen LogP contribution in [-0.4, -0.2) is 28.9 Å². The second-order valence-corrected chi connectivity index (χ2v) is 7.91. The highest BCUT2D eigenvalue weighted by atomic mass is 16.2. The number of carbonyl (C=O) groups is 1. The van der Waals surface area contributed by atoms with Gasteiger partial charge in [0, 0.05) is 36.8 Å². The summed E-state index contributed by atoms with van der Waals surface area (Å²) < 4.78 is 0. The number of amides is 1. The SMILES string of the molecule is CCC(=O)N1CCC(Cc2ccc(-c3ccc4c(C)nccc4c3)cc2)CC1. The summed E-state index contributed by atoms with van der Waals surface area (Å²) in [6, 6.07) is 17.7. The van der Waals surface area contributed by atoms with E-state index < -0.39 is 0 Å². The standard InChI is InChI=1S/C25H28N2O/c1-3-25(28)27-14-11-20(12-15-27)16-19-4-6-21(7-5-19)22-8-9-24-18(2)26-13-10-23(24)17-22/h4-10,13,17,20H,3,11-12,14-16H2,1-2H3. The number of fused-ring (bicyclic) bond motifs is 1. The summed E-state index contributed by atoms with van der Waals surface area (Å²) >= 11 is 0. The van der Waals surface area contributed by atoms with Crippen LogP contribution in [0.25, 0.3) is 21.9 Å². The van der Waals surface area contributed by atoms with Gasteiger partial charge in [0.05, 0.1) is 0 Å². The van der Waals surface area contributed by atoms with E-state index in [2.05, 4.69) is 60.4 Å². The van der Waals surface area contributed by atoms with Crippen molar-refractivity contribution in [2.24, 2.45) is 5.92 Å². The molecule has 144 valence electrons. The number of hydrogen-bond donors (Lipinski definition) is 0. The molecule has 0 atom stereocenters. The molecule has 1 saturated heterocycles. The Balaban J connectivity index is 1.43. The van der Waals surface area contributed by atoms with E-state index in [4.69, 9.17) is 0 Å². The summed E-state index contributed by atoms with van der Waals surface area (Å²) in [6.07, 6.45) is 5.84. The van der Waals surface area contributed by atoms with Gasteiger partial charge in [-0.1, -0.05) is 43.3 Å². The van der Waals surface area contributed by atoms with Gasteiger partial charge < -0.3 is 4.90 Å². The summed E-state index contributed by atoms with van der Waals surface area (Å²) in [4.78, 5) is 18.2. The number of nitrogens with zero attached hydrogens (tertiary/aromatic N) is 2. The van der Waals surface area contributed by atoms with Crippen LogP contribution in [-0.2, 0) is 11.2 Å². The second kappa shape index (κ2) is 8.14. The molecule has 0 aliphatic carbocycles. The van der Waals surface area contributed by atoms with Gasteiger partial charge in [0.1, 0.15) is 0 Å². The van der Waals surface area contributed by atoms with Crippen molar-refractivity contribution in [3.63, 3.8) is 0 Å². The minimum Gasteiger partial charge on any atom is -0.343 e. The van der Waals surface area contributed by atoms with Crippen LogP contribution in [0, 0.1) is 12.8 Å². The van der Waals surface area contributed by atoms with E-state index in [1.165, 1.54) is 27.5 Å². The zero-order valence-corrected chi connectivity index (χ0v) is 16.8. The lowest BCUT2D eigenvalue weighted by Gasteiger charge is -2.32. The fourth-order valence-electron chi connectivity index (χ4n) is 4.29. The first-order chi connectivity index (χ1) is 13.6. The maximum absolute atomic E-state index is 11.8. The first-order valence-electron chi connectivity index (χ1n) is 10.4. The number of rotatable bonds is 4. The highest BCUT2D eigenvalue weighted by molar-refractivity contribution is 5.88. The Morgan fingerprint density at radius 2 is 1.75 bits per heavy atom. The molecule has 2 aromatic carbocycles. The van der Waals surface area contributed by atoms with E-state index in [0.29, 0.717) is 18.2 Å². The predicted molar refractivity (Wildman–Crippen MR) is 115 cm³/mol. The monoisotopic (exact) mass is 372 g/mol. The van der Waals surface area contributed by atoms with E-state index in [9.17, 15) is 4.79 Å².